The van der Waals surface area contributed by atoms with E-state index in [0.29, 0.717) is 27.8 Å². The van der Waals surface area contributed by atoms with Crippen LogP contribution in [0.3, 0.4) is 0 Å². The highest BCUT2D eigenvalue weighted by Crippen LogP contribution is 2.29. The van der Waals surface area contributed by atoms with Crippen LogP contribution in [0.25, 0.3) is 0 Å². The lowest BCUT2D eigenvalue weighted by Gasteiger charge is -2.12. The molecule has 1 unspecified atom stereocenters. The molecular weight excluding hydrogens is 352 g/mol. The Kier molecular flexibility index (Phi) is 6.63. The van der Waals surface area contributed by atoms with Gasteiger partial charge in [0.15, 0.2) is 5.69 Å². The molecule has 0 fully saturated rings. The lowest BCUT2D eigenvalue weighted by molar-refractivity contribution is 0.0586. The standard InChI is InChI=1S/C16H19ClN2O6/c1-9-12(15(19-25-9)16(22)23-2)8-24-14-4-3-10(5-13(14)17)18-6-11(21)7-20/h3-5,11,18,20-21H,6-8H2,1-2H3. The van der Waals surface area contributed by atoms with Crippen molar-refractivity contribution in [2.75, 3.05) is 25.6 Å². The number of aryl methyl sites for hydroxylation is 1. The number of hydrogen-bond donors (Lipinski definition) is 3. The average Bonchev–Trinajstić information content (AvgIpc) is 2.98. The van der Waals surface area contributed by atoms with E-state index in [2.05, 4.69) is 15.2 Å². The van der Waals surface area contributed by atoms with E-state index in [4.69, 9.17) is 26.0 Å². The first-order chi connectivity index (χ1) is 12.0. The molecule has 1 aromatic heterocycles. The summed E-state index contributed by atoms with van der Waals surface area (Å²) in [5.74, 6) is 0.252. The number of methoxy groups -OCH3 is 1. The highest BCUT2D eigenvalue weighted by molar-refractivity contribution is 6.32. The second-order valence-corrected chi connectivity index (χ2v) is 5.62. The molecule has 0 amide bonds. The van der Waals surface area contributed by atoms with Gasteiger partial charge in [0.25, 0.3) is 0 Å². The highest BCUT2D eigenvalue weighted by Gasteiger charge is 2.21. The third-order valence-electron chi connectivity index (χ3n) is 3.42. The molecule has 9 heteroatoms. The average molecular weight is 371 g/mol. The topological polar surface area (TPSA) is 114 Å². The SMILES string of the molecule is COC(=O)c1noc(C)c1COc1ccc(NCC(O)CO)cc1Cl. The van der Waals surface area contributed by atoms with Gasteiger partial charge in [-0.05, 0) is 25.1 Å². The van der Waals surface area contributed by atoms with E-state index >= 15 is 0 Å². The fourth-order valence-electron chi connectivity index (χ4n) is 2.00. The number of hydrogen-bond acceptors (Lipinski definition) is 8. The molecule has 2 rings (SSSR count). The van der Waals surface area contributed by atoms with Gasteiger partial charge in [-0.15, -0.1) is 0 Å². The van der Waals surface area contributed by atoms with Crippen LogP contribution in [0.2, 0.25) is 5.02 Å². The maximum atomic E-state index is 11.6. The fourth-order valence-corrected chi connectivity index (χ4v) is 2.23. The first-order valence-corrected chi connectivity index (χ1v) is 7.82. The number of carbonyl (C=O) groups is 1. The van der Waals surface area contributed by atoms with E-state index in [1.807, 2.05) is 0 Å². The van der Waals surface area contributed by atoms with Crippen LogP contribution < -0.4 is 10.1 Å². The lowest BCUT2D eigenvalue weighted by Crippen LogP contribution is -2.22. The monoisotopic (exact) mass is 370 g/mol. The zero-order valence-electron chi connectivity index (χ0n) is 13.8. The number of esters is 1. The Balaban J connectivity index is 2.04. The van der Waals surface area contributed by atoms with Crippen molar-refractivity contribution in [2.45, 2.75) is 19.6 Å². The fraction of sp³-hybridized carbons (Fsp3) is 0.375. The molecule has 1 aromatic carbocycles. The van der Waals surface area contributed by atoms with Crippen LogP contribution in [0.15, 0.2) is 22.7 Å². The first-order valence-electron chi connectivity index (χ1n) is 7.44. The predicted octanol–water partition coefficient (Wildman–Crippen LogP) is 1.77. The van der Waals surface area contributed by atoms with Crippen molar-refractivity contribution < 1.29 is 29.0 Å². The Hall–Kier alpha value is -2.29. The highest BCUT2D eigenvalue weighted by atomic mass is 35.5. The summed E-state index contributed by atoms with van der Waals surface area (Å²) in [6.07, 6.45) is -0.858. The smallest absolute Gasteiger partial charge is 0.360 e. The van der Waals surface area contributed by atoms with Crippen molar-refractivity contribution >= 4 is 23.3 Å². The van der Waals surface area contributed by atoms with Gasteiger partial charge in [0, 0.05) is 12.2 Å². The van der Waals surface area contributed by atoms with E-state index in [1.54, 1.807) is 25.1 Å². The summed E-state index contributed by atoms with van der Waals surface area (Å²) in [7, 11) is 1.26. The van der Waals surface area contributed by atoms with Gasteiger partial charge in [-0.1, -0.05) is 16.8 Å². The van der Waals surface area contributed by atoms with E-state index < -0.39 is 12.1 Å². The Morgan fingerprint density at radius 1 is 1.48 bits per heavy atom. The molecule has 0 saturated heterocycles. The van der Waals surface area contributed by atoms with E-state index in [9.17, 15) is 9.90 Å². The van der Waals surface area contributed by atoms with Crippen LogP contribution in [0.4, 0.5) is 5.69 Å². The number of ether oxygens (including phenoxy) is 2. The van der Waals surface area contributed by atoms with Gasteiger partial charge < -0.3 is 29.5 Å². The van der Waals surface area contributed by atoms with Gasteiger partial charge in [0.2, 0.25) is 0 Å². The quantitative estimate of drug-likeness (QED) is 0.602. The Morgan fingerprint density at radius 2 is 2.24 bits per heavy atom. The van der Waals surface area contributed by atoms with Gasteiger partial charge in [0.05, 0.1) is 30.4 Å². The number of aromatic nitrogens is 1. The molecule has 0 aliphatic carbocycles. The molecule has 0 aliphatic heterocycles. The van der Waals surface area contributed by atoms with Crippen molar-refractivity contribution in [3.05, 3.63) is 40.2 Å². The summed E-state index contributed by atoms with van der Waals surface area (Å²) in [4.78, 5) is 11.6. The minimum Gasteiger partial charge on any atom is -0.487 e. The summed E-state index contributed by atoms with van der Waals surface area (Å²) in [6.45, 7) is 1.56. The zero-order valence-corrected chi connectivity index (χ0v) is 14.5. The maximum absolute atomic E-state index is 11.6. The summed E-state index contributed by atoms with van der Waals surface area (Å²) in [6, 6.07) is 4.99. The van der Waals surface area contributed by atoms with Crippen LogP contribution in [0.1, 0.15) is 21.8 Å². The van der Waals surface area contributed by atoms with Crippen LogP contribution in [0, 0.1) is 6.92 Å². The molecule has 2 aromatic rings. The molecule has 136 valence electrons. The number of aliphatic hydroxyl groups is 2. The van der Waals surface area contributed by atoms with Crippen LogP contribution >= 0.6 is 11.6 Å². The molecule has 8 nitrogen and oxygen atoms in total. The summed E-state index contributed by atoms with van der Waals surface area (Å²) in [5.41, 5.74) is 1.21. The molecule has 1 atom stereocenters. The van der Waals surface area contributed by atoms with Crippen molar-refractivity contribution in [2.24, 2.45) is 0 Å². The van der Waals surface area contributed by atoms with Crippen molar-refractivity contribution in [3.63, 3.8) is 0 Å². The largest absolute Gasteiger partial charge is 0.487 e. The van der Waals surface area contributed by atoms with Gasteiger partial charge in [-0.3, -0.25) is 0 Å². The number of nitrogens with zero attached hydrogens (tertiary/aromatic N) is 1. The third-order valence-corrected chi connectivity index (χ3v) is 3.72. The first kappa shape index (κ1) is 19.0. The molecule has 0 aliphatic rings. The normalized spacial score (nSPS) is 11.9. The molecule has 0 spiro atoms. The van der Waals surface area contributed by atoms with Gasteiger partial charge in [-0.25, -0.2) is 4.79 Å². The number of rotatable bonds is 8. The number of anilines is 1. The number of benzene rings is 1. The molecule has 0 radical (unpaired) electrons. The number of carbonyl (C=O) groups excluding carboxylic acids is 1. The Labute approximate surface area is 149 Å². The maximum Gasteiger partial charge on any atom is 0.360 e. The molecule has 1 heterocycles. The van der Waals surface area contributed by atoms with Crippen molar-refractivity contribution in [3.8, 4) is 5.75 Å². The van der Waals surface area contributed by atoms with Crippen LogP contribution in [-0.2, 0) is 11.3 Å². The van der Waals surface area contributed by atoms with Gasteiger partial charge >= 0.3 is 5.97 Å². The second-order valence-electron chi connectivity index (χ2n) is 5.21. The van der Waals surface area contributed by atoms with E-state index in [0.717, 1.165) is 0 Å². The molecule has 0 bridgehead atoms. The molecule has 3 N–H and O–H groups in total. The molecule has 25 heavy (non-hydrogen) atoms. The lowest BCUT2D eigenvalue weighted by atomic mass is 10.2. The van der Waals surface area contributed by atoms with Crippen LogP contribution in [-0.4, -0.2) is 47.7 Å². The number of nitrogens with one attached hydrogen (secondary N) is 1. The summed E-state index contributed by atoms with van der Waals surface area (Å²) < 4.78 is 15.3. The van der Waals surface area contributed by atoms with E-state index in [1.165, 1.54) is 7.11 Å². The van der Waals surface area contributed by atoms with Crippen LogP contribution in [0.5, 0.6) is 5.75 Å². The number of halogens is 1. The summed E-state index contributed by atoms with van der Waals surface area (Å²) in [5, 5.41) is 25.1. The van der Waals surface area contributed by atoms with Gasteiger partial charge in [0.1, 0.15) is 18.1 Å². The van der Waals surface area contributed by atoms with Crippen molar-refractivity contribution in [1.29, 1.82) is 0 Å². The Morgan fingerprint density at radius 3 is 2.88 bits per heavy atom. The minimum atomic E-state index is -0.858. The minimum absolute atomic E-state index is 0.0372. The molecular formula is C16H19ClN2O6. The van der Waals surface area contributed by atoms with Crippen molar-refractivity contribution in [1.82, 2.24) is 5.16 Å². The molecule has 0 saturated carbocycles. The zero-order chi connectivity index (χ0) is 18.4. The number of aliphatic hydroxyl groups excluding tert-OH is 2. The Bertz CT molecular complexity index is 733. The van der Waals surface area contributed by atoms with Gasteiger partial charge in [-0.2, -0.15) is 0 Å². The van der Waals surface area contributed by atoms with E-state index in [-0.39, 0.29) is 25.5 Å². The third kappa shape index (κ3) is 4.85. The second kappa shape index (κ2) is 8.70. The predicted molar refractivity (Wildman–Crippen MR) is 89.9 cm³/mol. The summed E-state index contributed by atoms with van der Waals surface area (Å²) >= 11 is 6.18.